The van der Waals surface area contributed by atoms with Gasteiger partial charge in [0.2, 0.25) is 5.91 Å². The van der Waals surface area contributed by atoms with E-state index in [1.54, 1.807) is 18.2 Å². The normalized spacial score (nSPS) is 21.5. The summed E-state index contributed by atoms with van der Waals surface area (Å²) in [5.74, 6) is -1.31. The third-order valence-corrected chi connectivity index (χ3v) is 3.88. The van der Waals surface area contributed by atoms with Gasteiger partial charge in [0.05, 0.1) is 23.7 Å². The SMILES string of the molecule is COc1c(Cl)cccc1NC(=O)[C@@H]1CC[C@H](C(=O)O)C1. The summed E-state index contributed by atoms with van der Waals surface area (Å²) in [7, 11) is 1.48. The van der Waals surface area contributed by atoms with Crippen LogP contribution in [0.2, 0.25) is 5.02 Å². The second-order valence-corrected chi connectivity index (χ2v) is 5.26. The number of aliphatic carboxylic acids is 1. The van der Waals surface area contributed by atoms with Crippen molar-refractivity contribution in [2.24, 2.45) is 11.8 Å². The van der Waals surface area contributed by atoms with Crippen LogP contribution in [0.3, 0.4) is 0 Å². The Kier molecular flexibility index (Phi) is 4.49. The van der Waals surface area contributed by atoms with E-state index in [2.05, 4.69) is 5.32 Å². The lowest BCUT2D eigenvalue weighted by Crippen LogP contribution is -2.22. The molecule has 20 heavy (non-hydrogen) atoms. The molecule has 1 aromatic rings. The number of anilines is 1. The van der Waals surface area contributed by atoms with Crippen molar-refractivity contribution in [3.05, 3.63) is 23.2 Å². The number of halogens is 1. The third kappa shape index (κ3) is 3.04. The van der Waals surface area contributed by atoms with Crippen LogP contribution in [0.5, 0.6) is 5.75 Å². The van der Waals surface area contributed by atoms with Crippen molar-refractivity contribution in [2.75, 3.05) is 12.4 Å². The molecule has 1 fully saturated rings. The maximum atomic E-state index is 12.2. The Bertz CT molecular complexity index is 532. The number of para-hydroxylation sites is 1. The highest BCUT2D eigenvalue weighted by Crippen LogP contribution is 2.35. The molecule has 2 N–H and O–H groups in total. The first kappa shape index (κ1) is 14.7. The monoisotopic (exact) mass is 297 g/mol. The number of carboxylic acid groups (broad SMARTS) is 1. The van der Waals surface area contributed by atoms with Gasteiger partial charge in [0.15, 0.2) is 5.75 Å². The molecule has 1 amide bonds. The van der Waals surface area contributed by atoms with Gasteiger partial charge in [0, 0.05) is 5.92 Å². The molecule has 2 atom stereocenters. The zero-order valence-electron chi connectivity index (χ0n) is 11.1. The minimum absolute atomic E-state index is 0.186. The van der Waals surface area contributed by atoms with Gasteiger partial charge < -0.3 is 15.2 Å². The number of hydrogen-bond donors (Lipinski definition) is 2. The Morgan fingerprint density at radius 1 is 1.35 bits per heavy atom. The summed E-state index contributed by atoms with van der Waals surface area (Å²) >= 11 is 5.98. The number of methoxy groups -OCH3 is 1. The smallest absolute Gasteiger partial charge is 0.306 e. The van der Waals surface area contributed by atoms with Crippen LogP contribution in [0.25, 0.3) is 0 Å². The number of ether oxygens (including phenoxy) is 1. The van der Waals surface area contributed by atoms with Crippen LogP contribution in [0, 0.1) is 11.8 Å². The molecule has 0 heterocycles. The molecule has 0 unspecified atom stereocenters. The lowest BCUT2D eigenvalue weighted by molar-refractivity contribution is -0.141. The quantitative estimate of drug-likeness (QED) is 0.896. The van der Waals surface area contributed by atoms with E-state index < -0.39 is 11.9 Å². The molecule has 2 rings (SSSR count). The molecule has 0 radical (unpaired) electrons. The maximum absolute atomic E-state index is 12.2. The lowest BCUT2D eigenvalue weighted by Gasteiger charge is -2.14. The number of hydrogen-bond acceptors (Lipinski definition) is 3. The second kappa shape index (κ2) is 6.13. The van der Waals surface area contributed by atoms with Crippen LogP contribution in [-0.2, 0) is 9.59 Å². The summed E-state index contributed by atoms with van der Waals surface area (Å²) in [5, 5.41) is 12.1. The van der Waals surface area contributed by atoms with Crippen LogP contribution < -0.4 is 10.1 Å². The molecule has 1 saturated carbocycles. The molecule has 5 nitrogen and oxygen atoms in total. The van der Waals surface area contributed by atoms with Gasteiger partial charge in [-0.25, -0.2) is 0 Å². The first-order valence-corrected chi connectivity index (χ1v) is 6.77. The number of carboxylic acids is 1. The minimum Gasteiger partial charge on any atom is -0.493 e. The van der Waals surface area contributed by atoms with Gasteiger partial charge in [-0.2, -0.15) is 0 Å². The summed E-state index contributed by atoms with van der Waals surface area (Å²) < 4.78 is 5.16. The van der Waals surface area contributed by atoms with E-state index >= 15 is 0 Å². The molecule has 0 aromatic heterocycles. The van der Waals surface area contributed by atoms with Crippen LogP contribution in [0.15, 0.2) is 18.2 Å². The van der Waals surface area contributed by atoms with Crippen LogP contribution >= 0.6 is 11.6 Å². The van der Waals surface area contributed by atoms with Crippen molar-refractivity contribution in [2.45, 2.75) is 19.3 Å². The van der Waals surface area contributed by atoms with Crippen molar-refractivity contribution in [3.63, 3.8) is 0 Å². The predicted molar refractivity (Wildman–Crippen MR) is 75.1 cm³/mol. The highest BCUT2D eigenvalue weighted by Gasteiger charge is 2.34. The Morgan fingerprint density at radius 3 is 2.65 bits per heavy atom. The fraction of sp³-hybridized carbons (Fsp3) is 0.429. The van der Waals surface area contributed by atoms with Crippen molar-refractivity contribution >= 4 is 29.2 Å². The van der Waals surface area contributed by atoms with E-state index in [4.69, 9.17) is 21.4 Å². The maximum Gasteiger partial charge on any atom is 0.306 e. The summed E-state index contributed by atoms with van der Waals surface area (Å²) in [4.78, 5) is 23.1. The Labute approximate surface area is 121 Å². The molecule has 6 heteroatoms. The van der Waals surface area contributed by atoms with E-state index in [0.717, 1.165) is 0 Å². The average Bonchev–Trinajstić information content (AvgIpc) is 2.89. The van der Waals surface area contributed by atoms with Gasteiger partial charge in [0.25, 0.3) is 0 Å². The van der Waals surface area contributed by atoms with Gasteiger partial charge in [0.1, 0.15) is 0 Å². The molecular weight excluding hydrogens is 282 g/mol. The van der Waals surface area contributed by atoms with Crippen molar-refractivity contribution in [1.82, 2.24) is 0 Å². The van der Waals surface area contributed by atoms with E-state index in [1.165, 1.54) is 7.11 Å². The van der Waals surface area contributed by atoms with Crippen LogP contribution in [0.1, 0.15) is 19.3 Å². The van der Waals surface area contributed by atoms with E-state index in [9.17, 15) is 9.59 Å². The summed E-state index contributed by atoms with van der Waals surface area (Å²) in [6, 6.07) is 5.09. The van der Waals surface area contributed by atoms with E-state index in [-0.39, 0.29) is 11.8 Å². The highest BCUT2D eigenvalue weighted by molar-refractivity contribution is 6.32. The summed E-state index contributed by atoms with van der Waals surface area (Å²) in [6.45, 7) is 0. The highest BCUT2D eigenvalue weighted by atomic mass is 35.5. The van der Waals surface area contributed by atoms with Crippen molar-refractivity contribution < 1.29 is 19.4 Å². The van der Waals surface area contributed by atoms with Crippen LogP contribution in [0.4, 0.5) is 5.69 Å². The lowest BCUT2D eigenvalue weighted by atomic mass is 10.0. The fourth-order valence-corrected chi connectivity index (χ4v) is 2.75. The molecule has 108 valence electrons. The first-order chi connectivity index (χ1) is 9.52. The van der Waals surface area contributed by atoms with Gasteiger partial charge in [-0.05, 0) is 31.4 Å². The minimum atomic E-state index is -0.833. The molecule has 1 aliphatic rings. The second-order valence-electron chi connectivity index (χ2n) is 4.86. The van der Waals surface area contributed by atoms with Crippen LogP contribution in [-0.4, -0.2) is 24.1 Å². The largest absolute Gasteiger partial charge is 0.493 e. The van der Waals surface area contributed by atoms with Gasteiger partial charge in [-0.3, -0.25) is 9.59 Å². The van der Waals surface area contributed by atoms with E-state index in [0.29, 0.717) is 35.7 Å². The van der Waals surface area contributed by atoms with Crippen molar-refractivity contribution in [1.29, 1.82) is 0 Å². The topological polar surface area (TPSA) is 75.6 Å². The Morgan fingerprint density at radius 2 is 2.05 bits per heavy atom. The molecule has 1 aromatic carbocycles. The molecule has 0 aliphatic heterocycles. The van der Waals surface area contributed by atoms with Gasteiger partial charge in [-0.15, -0.1) is 0 Å². The Hall–Kier alpha value is -1.75. The molecule has 0 bridgehead atoms. The van der Waals surface area contributed by atoms with Gasteiger partial charge >= 0.3 is 5.97 Å². The van der Waals surface area contributed by atoms with Gasteiger partial charge in [-0.1, -0.05) is 17.7 Å². The zero-order valence-corrected chi connectivity index (χ0v) is 11.8. The number of carbonyl (C=O) groups is 2. The number of carbonyl (C=O) groups excluding carboxylic acids is 1. The zero-order chi connectivity index (χ0) is 14.7. The fourth-order valence-electron chi connectivity index (χ4n) is 2.49. The number of benzene rings is 1. The number of amides is 1. The first-order valence-electron chi connectivity index (χ1n) is 6.39. The third-order valence-electron chi connectivity index (χ3n) is 3.58. The number of rotatable bonds is 4. The molecular formula is C14H16ClNO4. The summed E-state index contributed by atoms with van der Waals surface area (Å²) in [5.41, 5.74) is 0.503. The molecule has 0 spiro atoms. The summed E-state index contributed by atoms with van der Waals surface area (Å²) in [6.07, 6.45) is 1.51. The molecule has 0 saturated heterocycles. The molecule has 1 aliphatic carbocycles. The Balaban J connectivity index is 2.06. The standard InChI is InChI=1S/C14H16ClNO4/c1-20-12-10(15)3-2-4-11(12)16-13(17)8-5-6-9(7-8)14(18)19/h2-4,8-9H,5-7H2,1H3,(H,16,17)(H,18,19)/t8-,9+/m1/s1. The van der Waals surface area contributed by atoms with Crippen molar-refractivity contribution in [3.8, 4) is 5.75 Å². The predicted octanol–water partition coefficient (Wildman–Crippen LogP) is 2.79. The van der Waals surface area contributed by atoms with E-state index in [1.807, 2.05) is 0 Å². The number of nitrogens with one attached hydrogen (secondary N) is 1. The average molecular weight is 298 g/mol.